The van der Waals surface area contributed by atoms with E-state index in [1.165, 1.54) is 11.4 Å². The number of aromatic nitrogens is 1. The second-order valence-corrected chi connectivity index (χ2v) is 11.2. The van der Waals surface area contributed by atoms with Gasteiger partial charge in [0.2, 0.25) is 5.91 Å². The Morgan fingerprint density at radius 2 is 1.73 bits per heavy atom. The summed E-state index contributed by atoms with van der Waals surface area (Å²) >= 11 is 0.661. The Bertz CT molecular complexity index is 1160. The number of benzene rings is 1. The number of sulfonamides is 1. The zero-order chi connectivity index (χ0) is 24.3. The van der Waals surface area contributed by atoms with Gasteiger partial charge in [-0.25, -0.2) is 8.42 Å². The van der Waals surface area contributed by atoms with Gasteiger partial charge in [0, 0.05) is 37.4 Å². The molecule has 2 N–H and O–H groups in total. The molecule has 2 heterocycles. The van der Waals surface area contributed by atoms with Gasteiger partial charge in [-0.15, -0.1) is 0 Å². The number of nitrogens with one attached hydrogen (secondary N) is 2. The largest absolute Gasteiger partial charge is 0.497 e. The summed E-state index contributed by atoms with van der Waals surface area (Å²) in [4.78, 5) is 41.0. The fraction of sp³-hybridized carbons (Fsp3) is 0.476. The highest BCUT2D eigenvalue weighted by atomic mass is 32.2. The number of nitrogens with zero attached hydrogens (tertiary/aromatic N) is 2. The van der Waals surface area contributed by atoms with Crippen LogP contribution in [0, 0.1) is 12.8 Å². The maximum Gasteiger partial charge on any atom is 0.305 e. The predicted octanol–water partition coefficient (Wildman–Crippen LogP) is 1.04. The molecule has 1 aromatic heterocycles. The fourth-order valence-electron chi connectivity index (χ4n) is 3.58. The second kappa shape index (κ2) is 10.1. The molecule has 1 aromatic carbocycles. The van der Waals surface area contributed by atoms with Gasteiger partial charge in [0.05, 0.1) is 7.11 Å². The molecule has 0 radical (unpaired) electrons. The summed E-state index contributed by atoms with van der Waals surface area (Å²) in [6.07, 6.45) is 0. The molecule has 180 valence electrons. The molecule has 10 nitrogen and oxygen atoms in total. The fourth-order valence-corrected chi connectivity index (χ4v) is 6.44. The zero-order valence-corrected chi connectivity index (χ0v) is 20.6. The lowest BCUT2D eigenvalue weighted by molar-refractivity contribution is -0.135. The van der Waals surface area contributed by atoms with E-state index in [0.29, 0.717) is 28.3 Å². The third-order valence-corrected chi connectivity index (χ3v) is 8.96. The van der Waals surface area contributed by atoms with Crippen molar-refractivity contribution >= 4 is 33.2 Å². The number of aromatic amines is 1. The third kappa shape index (κ3) is 5.45. The number of amides is 2. The van der Waals surface area contributed by atoms with Crippen molar-refractivity contribution in [1.82, 2.24) is 19.5 Å². The number of methoxy groups -OCH3 is 1. The van der Waals surface area contributed by atoms with Crippen LogP contribution in [0.25, 0.3) is 0 Å². The Hall–Kier alpha value is -2.70. The number of rotatable bonds is 7. The van der Waals surface area contributed by atoms with Crippen LogP contribution in [0.5, 0.6) is 5.75 Å². The lowest BCUT2D eigenvalue weighted by Crippen LogP contribution is -2.57. The van der Waals surface area contributed by atoms with E-state index in [1.54, 1.807) is 36.1 Å². The van der Waals surface area contributed by atoms with E-state index in [0.717, 1.165) is 0 Å². The minimum absolute atomic E-state index is 0.000844. The molecule has 0 aliphatic carbocycles. The molecule has 1 atom stereocenters. The predicted molar refractivity (Wildman–Crippen MR) is 124 cm³/mol. The van der Waals surface area contributed by atoms with E-state index in [2.05, 4.69) is 10.3 Å². The van der Waals surface area contributed by atoms with Gasteiger partial charge in [-0.2, -0.15) is 4.31 Å². The smallest absolute Gasteiger partial charge is 0.305 e. The summed E-state index contributed by atoms with van der Waals surface area (Å²) in [5, 5.41) is 2.80. The SMILES string of the molecule is COc1ccc(C(=O)NC(C(=O)N2CCN(S(=O)(=O)c3sc(=O)[nH]c3C)CC2)C(C)C)cc1. The van der Waals surface area contributed by atoms with Crippen molar-refractivity contribution < 1.29 is 22.7 Å². The lowest BCUT2D eigenvalue weighted by atomic mass is 10.0. The zero-order valence-electron chi connectivity index (χ0n) is 19.0. The molecule has 33 heavy (non-hydrogen) atoms. The Morgan fingerprint density at radius 3 is 2.21 bits per heavy atom. The maximum absolute atomic E-state index is 13.2. The highest BCUT2D eigenvalue weighted by Gasteiger charge is 2.35. The standard InChI is InChI=1S/C21H28N4O6S2/c1-13(2)17(23-18(26)15-5-7-16(31-4)8-6-15)19(27)24-9-11-25(12-10-24)33(29,30)20-14(3)22-21(28)32-20/h5-8,13,17H,9-12H2,1-4H3,(H,22,28)(H,23,26). The van der Waals surface area contributed by atoms with Crippen LogP contribution in [0.3, 0.4) is 0 Å². The Balaban J connectivity index is 1.66. The van der Waals surface area contributed by atoms with Crippen LogP contribution in [0.1, 0.15) is 29.9 Å². The van der Waals surface area contributed by atoms with E-state index in [-0.39, 0.29) is 48.1 Å². The first-order valence-corrected chi connectivity index (χ1v) is 12.7. The molecular weight excluding hydrogens is 468 g/mol. The maximum atomic E-state index is 13.2. The van der Waals surface area contributed by atoms with Crippen molar-refractivity contribution in [2.75, 3.05) is 33.3 Å². The van der Waals surface area contributed by atoms with Gasteiger partial charge in [-0.1, -0.05) is 25.2 Å². The quantitative estimate of drug-likeness (QED) is 0.589. The van der Waals surface area contributed by atoms with Crippen molar-refractivity contribution in [3.8, 4) is 5.75 Å². The van der Waals surface area contributed by atoms with Crippen molar-refractivity contribution in [1.29, 1.82) is 0 Å². The van der Waals surface area contributed by atoms with Crippen LogP contribution < -0.4 is 14.9 Å². The Labute approximate surface area is 196 Å². The topological polar surface area (TPSA) is 129 Å². The number of ether oxygens (including phenoxy) is 1. The van der Waals surface area contributed by atoms with Crippen molar-refractivity contribution in [3.63, 3.8) is 0 Å². The van der Waals surface area contributed by atoms with Crippen molar-refractivity contribution in [2.45, 2.75) is 31.0 Å². The molecule has 1 saturated heterocycles. The molecule has 3 rings (SSSR count). The van der Waals surface area contributed by atoms with Gasteiger partial charge in [0.25, 0.3) is 15.9 Å². The molecule has 0 saturated carbocycles. The number of thiazole rings is 1. The van der Waals surface area contributed by atoms with Gasteiger partial charge in [0.1, 0.15) is 11.8 Å². The number of H-pyrrole nitrogens is 1. The summed E-state index contributed by atoms with van der Waals surface area (Å²) in [6, 6.07) is 5.83. The molecule has 2 aromatic rings. The monoisotopic (exact) mass is 496 g/mol. The van der Waals surface area contributed by atoms with E-state index in [4.69, 9.17) is 4.74 Å². The normalized spacial score (nSPS) is 16.0. The van der Waals surface area contributed by atoms with E-state index < -0.39 is 20.9 Å². The molecule has 1 fully saturated rings. The molecule has 1 aliphatic heterocycles. The number of hydrogen-bond acceptors (Lipinski definition) is 7. The van der Waals surface area contributed by atoms with Gasteiger partial charge in [-0.05, 0) is 37.1 Å². The molecule has 0 spiro atoms. The van der Waals surface area contributed by atoms with Gasteiger partial charge >= 0.3 is 4.87 Å². The Morgan fingerprint density at radius 1 is 1.12 bits per heavy atom. The van der Waals surface area contributed by atoms with Crippen LogP contribution in [-0.4, -0.2) is 73.8 Å². The number of carbonyl (C=O) groups is 2. The van der Waals surface area contributed by atoms with Gasteiger partial charge in [-0.3, -0.25) is 14.4 Å². The molecular formula is C21H28N4O6S2. The summed E-state index contributed by atoms with van der Waals surface area (Å²) in [6.45, 7) is 5.83. The van der Waals surface area contributed by atoms with E-state index >= 15 is 0 Å². The summed E-state index contributed by atoms with van der Waals surface area (Å²) in [5.74, 6) is -0.172. The highest BCUT2D eigenvalue weighted by Crippen LogP contribution is 2.23. The molecule has 1 aliphatic rings. The van der Waals surface area contributed by atoms with Gasteiger partial charge < -0.3 is 19.9 Å². The average molecular weight is 497 g/mol. The molecule has 12 heteroatoms. The van der Waals surface area contributed by atoms with Crippen LogP contribution in [-0.2, 0) is 14.8 Å². The van der Waals surface area contributed by atoms with E-state index in [9.17, 15) is 22.8 Å². The first-order valence-electron chi connectivity index (χ1n) is 10.5. The van der Waals surface area contributed by atoms with Gasteiger partial charge in [0.15, 0.2) is 4.21 Å². The number of piperazine rings is 1. The highest BCUT2D eigenvalue weighted by molar-refractivity contribution is 7.91. The molecule has 0 bridgehead atoms. The minimum atomic E-state index is -3.82. The van der Waals surface area contributed by atoms with Crippen LogP contribution in [0.4, 0.5) is 0 Å². The van der Waals surface area contributed by atoms with E-state index in [1.807, 2.05) is 13.8 Å². The molecule has 1 unspecified atom stereocenters. The lowest BCUT2D eigenvalue weighted by Gasteiger charge is -2.36. The minimum Gasteiger partial charge on any atom is -0.497 e. The van der Waals surface area contributed by atoms with Crippen LogP contribution in [0.15, 0.2) is 33.3 Å². The first kappa shape index (κ1) is 24.9. The number of hydrogen-bond donors (Lipinski definition) is 2. The Kier molecular flexibility index (Phi) is 7.60. The number of aryl methyl sites for hydroxylation is 1. The second-order valence-electron chi connectivity index (χ2n) is 8.08. The first-order chi connectivity index (χ1) is 15.5. The third-order valence-electron chi connectivity index (χ3n) is 5.48. The summed E-state index contributed by atoms with van der Waals surface area (Å²) < 4.78 is 32.2. The van der Waals surface area contributed by atoms with Crippen molar-refractivity contribution in [2.24, 2.45) is 5.92 Å². The number of carbonyl (C=O) groups excluding carboxylic acids is 2. The van der Waals surface area contributed by atoms with Crippen LogP contribution in [0.2, 0.25) is 0 Å². The van der Waals surface area contributed by atoms with Crippen LogP contribution >= 0.6 is 11.3 Å². The van der Waals surface area contributed by atoms with Crippen molar-refractivity contribution in [3.05, 3.63) is 45.2 Å². The summed E-state index contributed by atoms with van der Waals surface area (Å²) in [5.41, 5.74) is 0.718. The molecule has 2 amide bonds. The summed E-state index contributed by atoms with van der Waals surface area (Å²) in [7, 11) is -2.28. The average Bonchev–Trinajstić information content (AvgIpc) is 3.15.